The first-order chi connectivity index (χ1) is 9.56. The molecular weight excluding hydrogens is 260 g/mol. The number of hydrogen-bond donors (Lipinski definition) is 2. The van der Waals surface area contributed by atoms with Gasteiger partial charge in [-0.15, -0.1) is 0 Å². The molecule has 0 spiro atoms. The number of carbonyl (C=O) groups is 2. The van der Waals surface area contributed by atoms with E-state index in [1.54, 1.807) is 26.2 Å². The van der Waals surface area contributed by atoms with Gasteiger partial charge in [0.25, 0.3) is 0 Å². The molecule has 0 radical (unpaired) electrons. The number of hydrogen-bond acceptors (Lipinski definition) is 4. The monoisotopic (exact) mass is 280 g/mol. The molecule has 0 fully saturated rings. The van der Waals surface area contributed by atoms with E-state index in [1.165, 1.54) is 6.92 Å². The number of anilines is 1. The molecule has 0 saturated carbocycles. The molecule has 1 aromatic carbocycles. The van der Waals surface area contributed by atoms with Crippen LogP contribution < -0.4 is 15.4 Å². The highest BCUT2D eigenvalue weighted by atomic mass is 16.5. The van der Waals surface area contributed by atoms with Crippen molar-refractivity contribution < 1.29 is 19.1 Å². The molecule has 0 atom stereocenters. The molecule has 0 saturated heterocycles. The summed E-state index contributed by atoms with van der Waals surface area (Å²) in [6.07, 6.45) is 0.138. The first-order valence-electron chi connectivity index (χ1n) is 6.42. The quantitative estimate of drug-likeness (QED) is 0.835. The van der Waals surface area contributed by atoms with Gasteiger partial charge in [0.1, 0.15) is 5.75 Å². The lowest BCUT2D eigenvalue weighted by Gasteiger charge is -2.11. The average Bonchev–Trinajstić information content (AvgIpc) is 2.38. The molecular formula is C14H20N2O4. The van der Waals surface area contributed by atoms with Crippen LogP contribution in [0.2, 0.25) is 0 Å². The second kappa shape index (κ2) is 8.04. The van der Waals surface area contributed by atoms with Crippen LogP contribution in [-0.2, 0) is 16.0 Å². The van der Waals surface area contributed by atoms with Crippen LogP contribution >= 0.6 is 0 Å². The summed E-state index contributed by atoms with van der Waals surface area (Å²) in [5.41, 5.74) is 1.60. The van der Waals surface area contributed by atoms with Crippen LogP contribution in [0.25, 0.3) is 0 Å². The van der Waals surface area contributed by atoms with E-state index in [-0.39, 0.29) is 5.91 Å². The molecule has 20 heavy (non-hydrogen) atoms. The smallest absolute Gasteiger partial charge is 0.407 e. The van der Waals surface area contributed by atoms with Gasteiger partial charge < -0.3 is 20.1 Å². The van der Waals surface area contributed by atoms with Gasteiger partial charge in [-0.25, -0.2) is 4.79 Å². The van der Waals surface area contributed by atoms with Gasteiger partial charge in [0.15, 0.2) is 0 Å². The Morgan fingerprint density at radius 1 is 1.30 bits per heavy atom. The highest BCUT2D eigenvalue weighted by Gasteiger charge is 2.07. The fourth-order valence-corrected chi connectivity index (χ4v) is 1.74. The number of alkyl carbamates (subject to hydrolysis) is 1. The van der Waals surface area contributed by atoms with Gasteiger partial charge in [-0.1, -0.05) is 0 Å². The van der Waals surface area contributed by atoms with Crippen LogP contribution in [0, 0.1) is 0 Å². The van der Waals surface area contributed by atoms with Gasteiger partial charge in [-0.05, 0) is 37.1 Å². The summed E-state index contributed by atoms with van der Waals surface area (Å²) in [4.78, 5) is 22.2. The Labute approximate surface area is 118 Å². The topological polar surface area (TPSA) is 76.7 Å². The van der Waals surface area contributed by atoms with Crippen LogP contribution in [0.3, 0.4) is 0 Å². The van der Waals surface area contributed by atoms with E-state index in [4.69, 9.17) is 9.47 Å². The lowest BCUT2D eigenvalue weighted by Crippen LogP contribution is -2.26. The molecule has 0 aliphatic heterocycles. The van der Waals surface area contributed by atoms with Crippen molar-refractivity contribution in [1.29, 1.82) is 0 Å². The molecule has 6 heteroatoms. The normalized spacial score (nSPS) is 9.75. The number of ether oxygens (including phenoxy) is 2. The zero-order chi connectivity index (χ0) is 15.0. The molecule has 110 valence electrons. The molecule has 2 N–H and O–H groups in total. The Bertz CT molecular complexity index is 474. The zero-order valence-corrected chi connectivity index (χ0v) is 12.0. The highest BCUT2D eigenvalue weighted by molar-refractivity contribution is 5.88. The maximum absolute atomic E-state index is 11.2. The number of methoxy groups -OCH3 is 1. The van der Waals surface area contributed by atoms with Crippen LogP contribution in [0.5, 0.6) is 5.75 Å². The Balaban J connectivity index is 2.66. The van der Waals surface area contributed by atoms with Gasteiger partial charge in [0.05, 0.1) is 13.7 Å². The fraction of sp³-hybridized carbons (Fsp3) is 0.429. The van der Waals surface area contributed by atoms with E-state index in [1.807, 2.05) is 6.07 Å². The standard InChI is InChI=1S/C14H20N2O4/c1-4-20-14(18)15-8-7-11-9-12(16-10(2)17)5-6-13(11)19-3/h5-6,9H,4,7-8H2,1-3H3,(H,15,18)(H,16,17). The average molecular weight is 280 g/mol. The van der Waals surface area contributed by atoms with Gasteiger partial charge in [-0.3, -0.25) is 4.79 Å². The molecule has 0 aromatic heterocycles. The third-order valence-electron chi connectivity index (χ3n) is 2.54. The number of amides is 2. The van der Waals surface area contributed by atoms with Gasteiger partial charge in [0, 0.05) is 19.2 Å². The molecule has 0 heterocycles. The lowest BCUT2D eigenvalue weighted by atomic mass is 10.1. The summed E-state index contributed by atoms with van der Waals surface area (Å²) in [6, 6.07) is 5.38. The third kappa shape index (κ3) is 5.17. The van der Waals surface area contributed by atoms with Gasteiger partial charge >= 0.3 is 6.09 Å². The summed E-state index contributed by atoms with van der Waals surface area (Å²) in [6.45, 7) is 3.97. The maximum Gasteiger partial charge on any atom is 0.407 e. The van der Waals surface area contributed by atoms with Crippen LogP contribution in [-0.4, -0.2) is 32.3 Å². The summed E-state index contributed by atoms with van der Waals surface area (Å²) in [5.74, 6) is 0.579. The van der Waals surface area contributed by atoms with Crippen LogP contribution in [0.15, 0.2) is 18.2 Å². The van der Waals surface area contributed by atoms with Gasteiger partial charge in [-0.2, -0.15) is 0 Å². The molecule has 0 aliphatic carbocycles. The fourth-order valence-electron chi connectivity index (χ4n) is 1.74. The predicted octanol–water partition coefficient (Wildman–Crippen LogP) is 1.94. The number of nitrogens with one attached hydrogen (secondary N) is 2. The van der Waals surface area contributed by atoms with E-state index < -0.39 is 6.09 Å². The minimum absolute atomic E-state index is 0.134. The second-order valence-corrected chi connectivity index (χ2v) is 4.11. The number of benzene rings is 1. The summed E-state index contributed by atoms with van der Waals surface area (Å²) >= 11 is 0. The van der Waals surface area contributed by atoms with Crippen molar-refractivity contribution in [2.75, 3.05) is 25.6 Å². The molecule has 2 amide bonds. The van der Waals surface area contributed by atoms with Crippen molar-refractivity contribution in [2.24, 2.45) is 0 Å². The molecule has 6 nitrogen and oxygen atoms in total. The van der Waals surface area contributed by atoms with Crippen molar-refractivity contribution in [2.45, 2.75) is 20.3 Å². The summed E-state index contributed by atoms with van der Waals surface area (Å²) in [7, 11) is 1.58. The number of rotatable bonds is 6. The predicted molar refractivity (Wildman–Crippen MR) is 76.0 cm³/mol. The Kier molecular flexibility index (Phi) is 6.36. The van der Waals surface area contributed by atoms with Crippen molar-refractivity contribution in [3.63, 3.8) is 0 Å². The summed E-state index contributed by atoms with van der Waals surface area (Å²) < 4.78 is 10.0. The van der Waals surface area contributed by atoms with E-state index in [0.29, 0.717) is 31.0 Å². The number of carbonyl (C=O) groups excluding carboxylic acids is 2. The Morgan fingerprint density at radius 3 is 2.65 bits per heavy atom. The van der Waals surface area contributed by atoms with Crippen molar-refractivity contribution in [3.05, 3.63) is 23.8 Å². The lowest BCUT2D eigenvalue weighted by molar-refractivity contribution is -0.114. The molecule has 1 rings (SSSR count). The first kappa shape index (κ1) is 15.8. The minimum atomic E-state index is -0.440. The van der Waals surface area contributed by atoms with Crippen molar-refractivity contribution in [3.8, 4) is 5.75 Å². The Morgan fingerprint density at radius 2 is 2.05 bits per heavy atom. The summed E-state index contributed by atoms with van der Waals surface area (Å²) in [5, 5.41) is 5.35. The molecule has 0 unspecified atom stereocenters. The minimum Gasteiger partial charge on any atom is -0.496 e. The van der Waals surface area contributed by atoms with Gasteiger partial charge in [0.2, 0.25) is 5.91 Å². The molecule has 0 aliphatic rings. The first-order valence-corrected chi connectivity index (χ1v) is 6.42. The SMILES string of the molecule is CCOC(=O)NCCc1cc(NC(C)=O)ccc1OC. The van der Waals surface area contributed by atoms with Crippen molar-refractivity contribution >= 4 is 17.7 Å². The zero-order valence-electron chi connectivity index (χ0n) is 12.0. The van der Waals surface area contributed by atoms with E-state index in [9.17, 15) is 9.59 Å². The van der Waals surface area contributed by atoms with Crippen molar-refractivity contribution in [1.82, 2.24) is 5.32 Å². The maximum atomic E-state index is 11.2. The Hall–Kier alpha value is -2.24. The largest absolute Gasteiger partial charge is 0.496 e. The highest BCUT2D eigenvalue weighted by Crippen LogP contribution is 2.22. The molecule has 0 bridgehead atoms. The van der Waals surface area contributed by atoms with E-state index in [0.717, 1.165) is 5.56 Å². The molecule has 1 aromatic rings. The van der Waals surface area contributed by atoms with Crippen LogP contribution in [0.4, 0.5) is 10.5 Å². The van der Waals surface area contributed by atoms with E-state index in [2.05, 4.69) is 10.6 Å². The third-order valence-corrected chi connectivity index (χ3v) is 2.54. The van der Waals surface area contributed by atoms with Crippen LogP contribution in [0.1, 0.15) is 19.4 Å². The van der Waals surface area contributed by atoms with E-state index >= 15 is 0 Å². The second-order valence-electron chi connectivity index (χ2n) is 4.11.